The van der Waals surface area contributed by atoms with Crippen LogP contribution < -0.4 is 0 Å². The molecule has 0 aromatic heterocycles. The van der Waals surface area contributed by atoms with Gasteiger partial charge < -0.3 is 4.84 Å². The zero-order valence-corrected chi connectivity index (χ0v) is 11.0. The highest BCUT2D eigenvalue weighted by Crippen LogP contribution is 2.12. The molecule has 0 fully saturated rings. The molecule has 0 bridgehead atoms. The molecule has 0 aliphatic rings. The van der Waals surface area contributed by atoms with Crippen molar-refractivity contribution in [3.63, 3.8) is 0 Å². The van der Waals surface area contributed by atoms with Crippen molar-refractivity contribution in [2.75, 3.05) is 0 Å². The fraction of sp³-hybridized carbons (Fsp3) is 0.0714. The van der Waals surface area contributed by atoms with Crippen molar-refractivity contribution in [3.05, 3.63) is 69.7 Å². The molecule has 2 rings (SSSR count). The molecule has 92 valence electrons. The summed E-state index contributed by atoms with van der Waals surface area (Å²) < 4.78 is 0. The van der Waals surface area contributed by atoms with E-state index >= 15 is 0 Å². The minimum atomic E-state index is 0.387. The van der Waals surface area contributed by atoms with E-state index in [4.69, 9.17) is 28.0 Å². The van der Waals surface area contributed by atoms with E-state index in [1.807, 2.05) is 48.5 Å². The number of nitrogens with zero attached hydrogens (tertiary/aromatic N) is 1. The second-order valence-corrected chi connectivity index (χ2v) is 4.57. The lowest BCUT2D eigenvalue weighted by Gasteiger charge is -2.00. The van der Waals surface area contributed by atoms with Crippen LogP contribution in [0.3, 0.4) is 0 Å². The number of halogens is 2. The third-order valence-corrected chi connectivity index (χ3v) is 2.72. The van der Waals surface area contributed by atoms with Gasteiger partial charge in [-0.1, -0.05) is 52.6 Å². The molecule has 0 atom stereocenters. The molecule has 0 saturated heterocycles. The Kier molecular flexibility index (Phi) is 4.62. The SMILES string of the molecule is Clc1cccc(C=NOCc2cccc(Cl)c2)c1. The van der Waals surface area contributed by atoms with Gasteiger partial charge in [-0.15, -0.1) is 0 Å². The van der Waals surface area contributed by atoms with Gasteiger partial charge in [0, 0.05) is 10.0 Å². The Hall–Kier alpha value is -1.51. The van der Waals surface area contributed by atoms with Crippen molar-refractivity contribution >= 4 is 29.4 Å². The van der Waals surface area contributed by atoms with Crippen molar-refractivity contribution in [3.8, 4) is 0 Å². The first kappa shape index (κ1) is 12.9. The van der Waals surface area contributed by atoms with Gasteiger partial charge in [0.05, 0.1) is 6.21 Å². The average Bonchev–Trinajstić information content (AvgIpc) is 2.35. The Morgan fingerprint density at radius 2 is 1.72 bits per heavy atom. The number of rotatable bonds is 4. The molecule has 18 heavy (non-hydrogen) atoms. The van der Waals surface area contributed by atoms with Crippen LogP contribution >= 0.6 is 23.2 Å². The summed E-state index contributed by atoms with van der Waals surface area (Å²) in [5.74, 6) is 0. The predicted octanol–water partition coefficient (Wildman–Crippen LogP) is 4.54. The predicted molar refractivity (Wildman–Crippen MR) is 75.3 cm³/mol. The van der Waals surface area contributed by atoms with Crippen LogP contribution in [-0.2, 0) is 11.4 Å². The van der Waals surface area contributed by atoms with Gasteiger partial charge in [-0.2, -0.15) is 0 Å². The fourth-order valence-corrected chi connectivity index (χ4v) is 1.84. The highest BCUT2D eigenvalue weighted by molar-refractivity contribution is 6.31. The molecule has 2 nitrogen and oxygen atoms in total. The third kappa shape index (κ3) is 4.06. The van der Waals surface area contributed by atoms with E-state index < -0.39 is 0 Å². The summed E-state index contributed by atoms with van der Waals surface area (Å²) in [6.45, 7) is 0.387. The lowest BCUT2D eigenvalue weighted by molar-refractivity contribution is 0.132. The van der Waals surface area contributed by atoms with Crippen LogP contribution in [0.1, 0.15) is 11.1 Å². The number of benzene rings is 2. The van der Waals surface area contributed by atoms with E-state index in [0.717, 1.165) is 11.1 Å². The van der Waals surface area contributed by atoms with Crippen molar-refractivity contribution in [2.24, 2.45) is 5.16 Å². The van der Waals surface area contributed by atoms with Gasteiger partial charge in [0.25, 0.3) is 0 Å². The molecule has 0 heterocycles. The smallest absolute Gasteiger partial charge is 0.142 e. The lowest BCUT2D eigenvalue weighted by Crippen LogP contribution is -1.88. The maximum atomic E-state index is 5.86. The fourth-order valence-electron chi connectivity index (χ4n) is 1.42. The quantitative estimate of drug-likeness (QED) is 0.595. The van der Waals surface area contributed by atoms with Gasteiger partial charge in [0.15, 0.2) is 0 Å². The maximum absolute atomic E-state index is 5.86. The summed E-state index contributed by atoms with van der Waals surface area (Å²) >= 11 is 11.7. The van der Waals surface area contributed by atoms with E-state index in [9.17, 15) is 0 Å². The molecule has 0 spiro atoms. The monoisotopic (exact) mass is 279 g/mol. The number of hydrogen-bond acceptors (Lipinski definition) is 2. The molecule has 0 aliphatic carbocycles. The molecular formula is C14H11Cl2NO. The molecule has 2 aromatic rings. The molecule has 0 amide bonds. The van der Waals surface area contributed by atoms with Gasteiger partial charge in [0.2, 0.25) is 0 Å². The molecule has 0 unspecified atom stereocenters. The van der Waals surface area contributed by atoms with E-state index in [0.29, 0.717) is 16.7 Å². The van der Waals surface area contributed by atoms with Gasteiger partial charge >= 0.3 is 0 Å². The molecule has 2 aromatic carbocycles. The summed E-state index contributed by atoms with van der Waals surface area (Å²) in [7, 11) is 0. The standard InChI is InChI=1S/C14H11Cl2NO/c15-13-5-1-3-11(7-13)9-17-18-10-12-4-2-6-14(16)8-12/h1-9H,10H2. The van der Waals surface area contributed by atoms with Crippen LogP contribution in [-0.4, -0.2) is 6.21 Å². The van der Waals surface area contributed by atoms with Crippen molar-refractivity contribution < 1.29 is 4.84 Å². The van der Waals surface area contributed by atoms with Crippen LogP contribution in [0.5, 0.6) is 0 Å². The Balaban J connectivity index is 1.89. The van der Waals surface area contributed by atoms with Gasteiger partial charge in [-0.25, -0.2) is 0 Å². The van der Waals surface area contributed by atoms with Crippen LogP contribution in [0.2, 0.25) is 10.0 Å². The molecule has 4 heteroatoms. The number of oxime groups is 1. The minimum absolute atomic E-state index is 0.387. The minimum Gasteiger partial charge on any atom is -0.391 e. The van der Waals surface area contributed by atoms with Crippen LogP contribution in [0.15, 0.2) is 53.7 Å². The first-order chi connectivity index (χ1) is 8.74. The second-order valence-electron chi connectivity index (χ2n) is 3.69. The Morgan fingerprint density at radius 3 is 2.44 bits per heavy atom. The highest BCUT2D eigenvalue weighted by atomic mass is 35.5. The largest absolute Gasteiger partial charge is 0.391 e. The summed E-state index contributed by atoms with van der Waals surface area (Å²) in [4.78, 5) is 5.19. The molecule has 0 aliphatic heterocycles. The van der Waals surface area contributed by atoms with Gasteiger partial charge in [0.1, 0.15) is 6.61 Å². The van der Waals surface area contributed by atoms with Crippen molar-refractivity contribution in [2.45, 2.75) is 6.61 Å². The molecular weight excluding hydrogens is 269 g/mol. The second kappa shape index (κ2) is 6.43. The first-order valence-corrected chi connectivity index (χ1v) is 6.15. The number of hydrogen-bond donors (Lipinski definition) is 0. The van der Waals surface area contributed by atoms with Crippen LogP contribution in [0.4, 0.5) is 0 Å². The summed E-state index contributed by atoms with van der Waals surface area (Å²) in [5, 5.41) is 5.25. The van der Waals surface area contributed by atoms with E-state index in [2.05, 4.69) is 5.16 Å². The van der Waals surface area contributed by atoms with Gasteiger partial charge in [-0.3, -0.25) is 0 Å². The Morgan fingerprint density at radius 1 is 1.00 bits per heavy atom. The van der Waals surface area contributed by atoms with E-state index in [1.165, 1.54) is 0 Å². The van der Waals surface area contributed by atoms with Crippen LogP contribution in [0, 0.1) is 0 Å². The topological polar surface area (TPSA) is 21.6 Å². The molecule has 0 N–H and O–H groups in total. The maximum Gasteiger partial charge on any atom is 0.142 e. The van der Waals surface area contributed by atoms with Gasteiger partial charge in [-0.05, 0) is 35.4 Å². The summed E-state index contributed by atoms with van der Waals surface area (Å²) in [5.41, 5.74) is 1.87. The molecule has 0 saturated carbocycles. The summed E-state index contributed by atoms with van der Waals surface area (Å²) in [6.07, 6.45) is 1.62. The lowest BCUT2D eigenvalue weighted by atomic mass is 10.2. The zero-order valence-electron chi connectivity index (χ0n) is 9.51. The Labute approximate surface area is 116 Å². The van der Waals surface area contributed by atoms with Crippen LogP contribution in [0.25, 0.3) is 0 Å². The van der Waals surface area contributed by atoms with E-state index in [1.54, 1.807) is 6.21 Å². The Bertz CT molecular complexity index is 555. The third-order valence-electron chi connectivity index (χ3n) is 2.25. The van der Waals surface area contributed by atoms with E-state index in [-0.39, 0.29) is 0 Å². The van der Waals surface area contributed by atoms with Crippen molar-refractivity contribution in [1.82, 2.24) is 0 Å². The zero-order chi connectivity index (χ0) is 12.8. The summed E-state index contributed by atoms with van der Waals surface area (Å²) in [6, 6.07) is 14.9. The normalized spacial score (nSPS) is 10.8. The first-order valence-electron chi connectivity index (χ1n) is 5.39. The molecule has 0 radical (unpaired) electrons. The average molecular weight is 280 g/mol. The highest BCUT2D eigenvalue weighted by Gasteiger charge is 1.94. The van der Waals surface area contributed by atoms with Crippen molar-refractivity contribution in [1.29, 1.82) is 0 Å².